The van der Waals surface area contributed by atoms with Crippen molar-refractivity contribution in [3.63, 3.8) is 0 Å². The summed E-state index contributed by atoms with van der Waals surface area (Å²) in [5.74, 6) is -0.440. The van der Waals surface area contributed by atoms with Crippen LogP contribution in [0.4, 0.5) is 14.9 Å². The van der Waals surface area contributed by atoms with E-state index < -0.39 is 0 Å². The average molecular weight is 436 g/mol. The molecule has 1 aliphatic carbocycles. The van der Waals surface area contributed by atoms with Crippen LogP contribution in [0.15, 0.2) is 48.5 Å². The zero-order chi connectivity index (χ0) is 22.8. The number of aromatic nitrogens is 2. The van der Waals surface area contributed by atoms with E-state index in [0.717, 1.165) is 24.1 Å². The summed E-state index contributed by atoms with van der Waals surface area (Å²) >= 11 is 0. The maximum Gasteiger partial charge on any atom is 0.342 e. The van der Waals surface area contributed by atoms with Gasteiger partial charge >= 0.3 is 6.03 Å². The van der Waals surface area contributed by atoms with Crippen LogP contribution in [0.5, 0.6) is 5.75 Å². The first-order valence-corrected chi connectivity index (χ1v) is 10.6. The lowest BCUT2D eigenvalue weighted by atomic mass is 10.1. The molecule has 0 bridgehead atoms. The Balaban J connectivity index is 1.54. The second-order valence-corrected chi connectivity index (χ2v) is 8.30. The van der Waals surface area contributed by atoms with Gasteiger partial charge in [0, 0.05) is 35.7 Å². The van der Waals surface area contributed by atoms with Gasteiger partial charge in [0.15, 0.2) is 0 Å². The van der Waals surface area contributed by atoms with Crippen molar-refractivity contribution in [2.45, 2.75) is 39.2 Å². The standard InChI is InChI=1S/C24H25FN4O3/c1-14(2)23(31)27-18-9-10-19(22(30)11-18)20-12-21(16-5-6-16)29(28-20)24(32)26-13-15-3-7-17(25)8-4-15/h3-4,7-12,14,16,30H,5-6,13H2,1-2H3,(H,26,32)(H,27,31). The van der Waals surface area contributed by atoms with Crippen molar-refractivity contribution in [2.75, 3.05) is 5.32 Å². The van der Waals surface area contributed by atoms with Crippen LogP contribution in [0.25, 0.3) is 11.3 Å². The lowest BCUT2D eigenvalue weighted by Gasteiger charge is -2.09. The van der Waals surface area contributed by atoms with Gasteiger partial charge in [-0.15, -0.1) is 0 Å². The minimum atomic E-state index is -0.386. The minimum absolute atomic E-state index is 0.0368. The Morgan fingerprint density at radius 3 is 2.50 bits per heavy atom. The lowest BCUT2D eigenvalue weighted by Crippen LogP contribution is -2.30. The Hall–Kier alpha value is -3.68. The molecule has 1 aromatic heterocycles. The maximum atomic E-state index is 13.1. The van der Waals surface area contributed by atoms with Gasteiger partial charge in [-0.25, -0.2) is 9.18 Å². The van der Waals surface area contributed by atoms with Crippen LogP contribution in [0.2, 0.25) is 0 Å². The molecule has 32 heavy (non-hydrogen) atoms. The minimum Gasteiger partial charge on any atom is -0.507 e. The summed E-state index contributed by atoms with van der Waals surface area (Å²) < 4.78 is 14.4. The Morgan fingerprint density at radius 1 is 1.16 bits per heavy atom. The number of aromatic hydroxyl groups is 1. The molecular weight excluding hydrogens is 411 g/mol. The first kappa shape index (κ1) is 21.5. The highest BCUT2D eigenvalue weighted by atomic mass is 19.1. The van der Waals surface area contributed by atoms with Crippen molar-refractivity contribution in [1.29, 1.82) is 0 Å². The Bertz CT molecular complexity index is 1150. The molecule has 1 aliphatic rings. The molecule has 166 valence electrons. The molecule has 0 atom stereocenters. The molecular formula is C24H25FN4O3. The third-order valence-electron chi connectivity index (χ3n) is 5.35. The zero-order valence-corrected chi connectivity index (χ0v) is 17.9. The second kappa shape index (κ2) is 8.82. The summed E-state index contributed by atoms with van der Waals surface area (Å²) in [4.78, 5) is 24.7. The molecule has 4 rings (SSSR count). The number of benzene rings is 2. The summed E-state index contributed by atoms with van der Waals surface area (Å²) in [6.45, 7) is 3.82. The predicted molar refractivity (Wildman–Crippen MR) is 119 cm³/mol. The number of amides is 2. The number of anilines is 1. The predicted octanol–water partition coefficient (Wildman–Crippen LogP) is 4.62. The van der Waals surface area contributed by atoms with E-state index in [1.807, 2.05) is 6.07 Å². The molecule has 0 radical (unpaired) electrons. The van der Waals surface area contributed by atoms with Gasteiger partial charge in [-0.05, 0) is 48.7 Å². The number of phenolic OH excluding ortho intramolecular Hbond substituents is 1. The van der Waals surface area contributed by atoms with Gasteiger partial charge in [-0.3, -0.25) is 4.79 Å². The summed E-state index contributed by atoms with van der Waals surface area (Å²) in [7, 11) is 0. The van der Waals surface area contributed by atoms with E-state index in [1.54, 1.807) is 38.1 Å². The molecule has 2 amide bonds. The van der Waals surface area contributed by atoms with Gasteiger partial charge in [-0.2, -0.15) is 9.78 Å². The number of hydrogen-bond donors (Lipinski definition) is 3. The van der Waals surface area contributed by atoms with Crippen molar-refractivity contribution >= 4 is 17.6 Å². The van der Waals surface area contributed by atoms with Crippen LogP contribution in [-0.2, 0) is 11.3 Å². The highest BCUT2D eigenvalue weighted by Gasteiger charge is 2.30. The fraction of sp³-hybridized carbons (Fsp3) is 0.292. The van der Waals surface area contributed by atoms with Crippen LogP contribution >= 0.6 is 0 Å². The van der Waals surface area contributed by atoms with Crippen LogP contribution < -0.4 is 10.6 Å². The smallest absolute Gasteiger partial charge is 0.342 e. The van der Waals surface area contributed by atoms with E-state index in [0.29, 0.717) is 16.9 Å². The third-order valence-corrected chi connectivity index (χ3v) is 5.35. The number of nitrogens with zero attached hydrogens (tertiary/aromatic N) is 2. The topological polar surface area (TPSA) is 96.3 Å². The van der Waals surface area contributed by atoms with Gasteiger partial charge in [0.05, 0.1) is 11.4 Å². The molecule has 0 spiro atoms. The number of phenols is 1. The summed E-state index contributed by atoms with van der Waals surface area (Å²) in [5.41, 5.74) is 3.00. The zero-order valence-electron chi connectivity index (χ0n) is 17.9. The van der Waals surface area contributed by atoms with E-state index in [9.17, 15) is 19.1 Å². The van der Waals surface area contributed by atoms with Crippen LogP contribution in [0, 0.1) is 11.7 Å². The quantitative estimate of drug-likeness (QED) is 0.525. The van der Waals surface area contributed by atoms with Crippen molar-refractivity contribution in [1.82, 2.24) is 15.1 Å². The van der Waals surface area contributed by atoms with Gasteiger partial charge in [0.1, 0.15) is 11.6 Å². The van der Waals surface area contributed by atoms with Crippen molar-refractivity contribution < 1.29 is 19.1 Å². The van der Waals surface area contributed by atoms with Crippen molar-refractivity contribution in [3.05, 3.63) is 65.6 Å². The Labute approximate surface area is 185 Å². The highest BCUT2D eigenvalue weighted by Crippen LogP contribution is 2.42. The monoisotopic (exact) mass is 436 g/mol. The Kier molecular flexibility index (Phi) is 5.94. The van der Waals surface area contributed by atoms with Crippen molar-refractivity contribution in [3.8, 4) is 17.0 Å². The molecule has 0 saturated heterocycles. The number of nitrogens with one attached hydrogen (secondary N) is 2. The number of carbonyl (C=O) groups is 2. The normalized spacial score (nSPS) is 13.2. The van der Waals surface area contributed by atoms with Crippen LogP contribution in [-0.4, -0.2) is 26.8 Å². The number of carbonyl (C=O) groups excluding carboxylic acids is 2. The molecule has 0 aliphatic heterocycles. The van der Waals surface area contributed by atoms with Crippen molar-refractivity contribution in [2.24, 2.45) is 5.92 Å². The first-order valence-electron chi connectivity index (χ1n) is 10.6. The summed E-state index contributed by atoms with van der Waals surface area (Å²) in [6.07, 6.45) is 1.95. The van der Waals surface area contributed by atoms with Gasteiger partial charge < -0.3 is 15.7 Å². The largest absolute Gasteiger partial charge is 0.507 e. The lowest BCUT2D eigenvalue weighted by molar-refractivity contribution is -0.118. The fourth-order valence-corrected chi connectivity index (χ4v) is 3.33. The van der Waals surface area contributed by atoms with E-state index in [4.69, 9.17) is 0 Å². The van der Waals surface area contributed by atoms with E-state index in [2.05, 4.69) is 15.7 Å². The number of hydrogen-bond acceptors (Lipinski definition) is 4. The van der Waals surface area contributed by atoms with Crippen LogP contribution in [0.3, 0.4) is 0 Å². The maximum absolute atomic E-state index is 13.1. The van der Waals surface area contributed by atoms with E-state index >= 15 is 0 Å². The molecule has 1 heterocycles. The summed E-state index contributed by atoms with van der Waals surface area (Å²) in [5, 5.41) is 20.5. The van der Waals surface area contributed by atoms with Gasteiger partial charge in [0.25, 0.3) is 0 Å². The molecule has 7 nitrogen and oxygen atoms in total. The molecule has 2 aromatic carbocycles. The molecule has 1 saturated carbocycles. The molecule has 0 unspecified atom stereocenters. The average Bonchev–Trinajstić information content (AvgIpc) is 3.51. The SMILES string of the molecule is CC(C)C(=O)Nc1ccc(-c2cc(C3CC3)n(C(=O)NCc3ccc(F)cc3)n2)c(O)c1. The highest BCUT2D eigenvalue weighted by molar-refractivity contribution is 5.92. The van der Waals surface area contributed by atoms with Crippen LogP contribution in [0.1, 0.15) is 43.9 Å². The summed E-state index contributed by atoms with van der Waals surface area (Å²) in [6, 6.07) is 12.2. The molecule has 1 fully saturated rings. The van der Waals surface area contributed by atoms with E-state index in [1.165, 1.54) is 22.9 Å². The molecule has 3 N–H and O–H groups in total. The molecule has 3 aromatic rings. The van der Waals surface area contributed by atoms with Gasteiger partial charge in [0.2, 0.25) is 5.91 Å². The first-order chi connectivity index (χ1) is 15.3. The van der Waals surface area contributed by atoms with Gasteiger partial charge in [-0.1, -0.05) is 26.0 Å². The third kappa shape index (κ3) is 4.80. The number of rotatable bonds is 6. The molecule has 8 heteroatoms. The number of halogens is 1. The van der Waals surface area contributed by atoms with E-state index in [-0.39, 0.29) is 41.9 Å². The Morgan fingerprint density at radius 2 is 1.88 bits per heavy atom. The second-order valence-electron chi connectivity index (χ2n) is 8.30. The fourth-order valence-electron chi connectivity index (χ4n) is 3.33.